The number of fused-ring (bicyclic) bond motifs is 1. The van der Waals surface area contributed by atoms with E-state index in [9.17, 15) is 4.79 Å². The molecule has 3 rings (SSSR count). The van der Waals surface area contributed by atoms with Crippen LogP contribution in [0.2, 0.25) is 0 Å². The van der Waals surface area contributed by atoms with Gasteiger partial charge in [0.15, 0.2) is 5.78 Å². The van der Waals surface area contributed by atoms with Crippen LogP contribution < -0.4 is 5.32 Å². The van der Waals surface area contributed by atoms with Crippen molar-refractivity contribution in [3.8, 4) is 0 Å². The molecule has 1 aromatic carbocycles. The first-order valence-electron chi connectivity index (χ1n) is 6.65. The fourth-order valence-electron chi connectivity index (χ4n) is 2.57. The average molecular weight is 255 g/mol. The first-order chi connectivity index (χ1) is 9.28. The van der Waals surface area contributed by atoms with Crippen molar-refractivity contribution in [1.29, 1.82) is 0 Å². The van der Waals surface area contributed by atoms with Gasteiger partial charge in [0, 0.05) is 31.0 Å². The number of hydrogen-bond acceptors (Lipinski definition) is 3. The highest BCUT2D eigenvalue weighted by atomic mass is 16.1. The summed E-state index contributed by atoms with van der Waals surface area (Å²) >= 11 is 0. The van der Waals surface area contributed by atoms with Crippen molar-refractivity contribution in [2.24, 2.45) is 0 Å². The number of imidazole rings is 1. The van der Waals surface area contributed by atoms with E-state index < -0.39 is 0 Å². The minimum atomic E-state index is -0.112. The lowest BCUT2D eigenvalue weighted by Gasteiger charge is -2.10. The van der Waals surface area contributed by atoms with E-state index >= 15 is 0 Å². The summed E-state index contributed by atoms with van der Waals surface area (Å²) in [6.45, 7) is 2.90. The van der Waals surface area contributed by atoms with Crippen LogP contribution in [0.3, 0.4) is 0 Å². The molecule has 0 fully saturated rings. The van der Waals surface area contributed by atoms with Crippen LogP contribution in [0.1, 0.15) is 18.3 Å². The molecule has 0 radical (unpaired) electrons. The van der Waals surface area contributed by atoms with E-state index in [1.807, 2.05) is 29.0 Å². The van der Waals surface area contributed by atoms with Gasteiger partial charge in [-0.1, -0.05) is 18.2 Å². The van der Waals surface area contributed by atoms with Crippen LogP contribution >= 0.6 is 0 Å². The Bertz CT molecular complexity index is 578. The maximum Gasteiger partial charge on any atom is 0.162 e. The molecule has 2 aromatic rings. The molecule has 0 spiro atoms. The Morgan fingerprint density at radius 1 is 1.47 bits per heavy atom. The van der Waals surface area contributed by atoms with Gasteiger partial charge in [-0.15, -0.1) is 0 Å². The third-order valence-corrected chi connectivity index (χ3v) is 3.63. The SMILES string of the molecule is CCn1ccnc1CC(=O)C1Cc2ccccc2N1. The van der Waals surface area contributed by atoms with Crippen LogP contribution in [0.25, 0.3) is 0 Å². The largest absolute Gasteiger partial charge is 0.375 e. The van der Waals surface area contributed by atoms with E-state index in [0.717, 1.165) is 24.5 Å². The molecule has 0 amide bonds. The Morgan fingerprint density at radius 3 is 3.11 bits per heavy atom. The number of aromatic nitrogens is 2. The number of benzene rings is 1. The molecule has 1 aromatic heterocycles. The van der Waals surface area contributed by atoms with Crippen molar-refractivity contribution >= 4 is 11.5 Å². The number of hydrogen-bond donors (Lipinski definition) is 1. The van der Waals surface area contributed by atoms with Gasteiger partial charge < -0.3 is 9.88 Å². The molecule has 1 N–H and O–H groups in total. The number of rotatable bonds is 4. The van der Waals surface area contributed by atoms with Crippen LogP contribution in [0.15, 0.2) is 36.7 Å². The van der Waals surface area contributed by atoms with E-state index in [2.05, 4.69) is 23.3 Å². The van der Waals surface area contributed by atoms with E-state index in [0.29, 0.717) is 6.42 Å². The van der Waals surface area contributed by atoms with Crippen molar-refractivity contribution in [3.63, 3.8) is 0 Å². The van der Waals surface area contributed by atoms with Gasteiger partial charge in [0.05, 0.1) is 12.5 Å². The number of nitrogens with zero attached hydrogens (tertiary/aromatic N) is 2. The molecular formula is C15H17N3O. The maximum absolute atomic E-state index is 12.3. The number of Topliss-reactive ketones (excluding diaryl/α,β-unsaturated/α-hetero) is 1. The second-order valence-electron chi connectivity index (χ2n) is 4.83. The third-order valence-electron chi connectivity index (χ3n) is 3.63. The van der Waals surface area contributed by atoms with Gasteiger partial charge in [-0.05, 0) is 18.6 Å². The topological polar surface area (TPSA) is 46.9 Å². The van der Waals surface area contributed by atoms with E-state index in [1.165, 1.54) is 5.56 Å². The van der Waals surface area contributed by atoms with Crippen LogP contribution in [0.4, 0.5) is 5.69 Å². The third kappa shape index (κ3) is 2.26. The zero-order valence-corrected chi connectivity index (χ0v) is 11.0. The lowest BCUT2D eigenvalue weighted by atomic mass is 10.0. The molecule has 19 heavy (non-hydrogen) atoms. The van der Waals surface area contributed by atoms with Crippen molar-refractivity contribution in [2.75, 3.05) is 5.32 Å². The summed E-state index contributed by atoms with van der Waals surface area (Å²) < 4.78 is 2.01. The standard InChI is InChI=1S/C15H17N3O/c1-2-18-8-7-16-15(18)10-14(19)13-9-11-5-3-4-6-12(11)17-13/h3-8,13,17H,2,9-10H2,1H3. The highest BCUT2D eigenvalue weighted by Gasteiger charge is 2.26. The molecule has 1 aliphatic rings. The van der Waals surface area contributed by atoms with E-state index in [-0.39, 0.29) is 11.8 Å². The van der Waals surface area contributed by atoms with Crippen molar-refractivity contribution in [2.45, 2.75) is 32.4 Å². The summed E-state index contributed by atoms with van der Waals surface area (Å²) in [4.78, 5) is 16.6. The molecule has 1 unspecified atom stereocenters. The summed E-state index contributed by atoms with van der Waals surface area (Å²) in [5.41, 5.74) is 2.30. The van der Waals surface area contributed by atoms with Gasteiger partial charge in [-0.3, -0.25) is 4.79 Å². The zero-order chi connectivity index (χ0) is 13.2. The minimum Gasteiger partial charge on any atom is -0.375 e. The summed E-state index contributed by atoms with van der Waals surface area (Å²) in [6.07, 6.45) is 4.84. The molecule has 4 heteroatoms. The molecule has 98 valence electrons. The highest BCUT2D eigenvalue weighted by Crippen LogP contribution is 2.25. The fraction of sp³-hybridized carbons (Fsp3) is 0.333. The van der Waals surface area contributed by atoms with Gasteiger partial charge in [0.1, 0.15) is 5.82 Å². The Balaban J connectivity index is 1.70. The molecule has 0 bridgehead atoms. The fourth-order valence-corrected chi connectivity index (χ4v) is 2.57. The number of anilines is 1. The quantitative estimate of drug-likeness (QED) is 0.909. The Labute approximate surface area is 112 Å². The molecule has 1 atom stereocenters. The lowest BCUT2D eigenvalue weighted by Crippen LogP contribution is -2.29. The number of aryl methyl sites for hydroxylation is 1. The monoisotopic (exact) mass is 255 g/mol. The van der Waals surface area contributed by atoms with Crippen LogP contribution in [0.5, 0.6) is 0 Å². The smallest absolute Gasteiger partial charge is 0.162 e. The average Bonchev–Trinajstić information content (AvgIpc) is 3.03. The number of ketones is 1. The van der Waals surface area contributed by atoms with Crippen molar-refractivity contribution in [3.05, 3.63) is 48.0 Å². The number of carbonyl (C=O) groups is 1. The number of para-hydroxylation sites is 1. The molecule has 1 aliphatic heterocycles. The highest BCUT2D eigenvalue weighted by molar-refractivity contribution is 5.90. The summed E-state index contributed by atoms with van der Waals surface area (Å²) in [5.74, 6) is 1.06. The van der Waals surface area contributed by atoms with E-state index in [1.54, 1.807) is 6.20 Å². The van der Waals surface area contributed by atoms with Crippen LogP contribution in [-0.4, -0.2) is 21.4 Å². The minimum absolute atomic E-state index is 0.112. The van der Waals surface area contributed by atoms with Crippen molar-refractivity contribution in [1.82, 2.24) is 9.55 Å². The van der Waals surface area contributed by atoms with Crippen LogP contribution in [-0.2, 0) is 24.2 Å². The molecule has 0 saturated heterocycles. The Morgan fingerprint density at radius 2 is 2.32 bits per heavy atom. The van der Waals surface area contributed by atoms with Gasteiger partial charge in [-0.25, -0.2) is 4.98 Å². The second-order valence-corrected chi connectivity index (χ2v) is 4.83. The molecule has 0 saturated carbocycles. The molecule has 2 heterocycles. The summed E-state index contributed by atoms with van der Waals surface area (Å²) in [5, 5.41) is 3.30. The zero-order valence-electron chi connectivity index (χ0n) is 11.0. The van der Waals surface area contributed by atoms with Crippen LogP contribution in [0, 0.1) is 0 Å². The number of carbonyl (C=O) groups excluding carboxylic acids is 1. The van der Waals surface area contributed by atoms with Gasteiger partial charge in [0.2, 0.25) is 0 Å². The van der Waals surface area contributed by atoms with Gasteiger partial charge in [-0.2, -0.15) is 0 Å². The summed E-state index contributed by atoms with van der Waals surface area (Å²) in [6, 6.07) is 7.98. The predicted molar refractivity (Wildman–Crippen MR) is 74.2 cm³/mol. The van der Waals surface area contributed by atoms with Gasteiger partial charge >= 0.3 is 0 Å². The molecule has 0 aliphatic carbocycles. The second kappa shape index (κ2) is 4.88. The summed E-state index contributed by atoms with van der Waals surface area (Å²) in [7, 11) is 0. The number of nitrogens with one attached hydrogen (secondary N) is 1. The Kier molecular flexibility index (Phi) is 3.07. The normalized spacial score (nSPS) is 17.0. The molecule has 4 nitrogen and oxygen atoms in total. The maximum atomic E-state index is 12.3. The van der Waals surface area contributed by atoms with Gasteiger partial charge in [0.25, 0.3) is 0 Å². The van der Waals surface area contributed by atoms with E-state index in [4.69, 9.17) is 0 Å². The predicted octanol–water partition coefficient (Wildman–Crippen LogP) is 2.05. The lowest BCUT2D eigenvalue weighted by molar-refractivity contribution is -0.119. The molecular weight excluding hydrogens is 238 g/mol. The first kappa shape index (κ1) is 12.0. The van der Waals surface area contributed by atoms with Crippen molar-refractivity contribution < 1.29 is 4.79 Å². The first-order valence-corrected chi connectivity index (χ1v) is 6.65. The Hall–Kier alpha value is -2.10.